The average Bonchev–Trinajstić information content (AvgIpc) is 2.86. The lowest BCUT2D eigenvalue weighted by Crippen LogP contribution is -2.35. The molecule has 1 amide bonds. The fourth-order valence-corrected chi connectivity index (χ4v) is 2.67. The highest BCUT2D eigenvalue weighted by Crippen LogP contribution is 2.11. The quantitative estimate of drug-likeness (QED) is 0.806. The van der Waals surface area contributed by atoms with E-state index < -0.39 is 0 Å². The Bertz CT molecular complexity index is 459. The Balaban J connectivity index is 1.67. The van der Waals surface area contributed by atoms with Crippen molar-refractivity contribution in [1.82, 2.24) is 10.2 Å². The van der Waals surface area contributed by atoms with Gasteiger partial charge in [-0.25, -0.2) is 0 Å². The van der Waals surface area contributed by atoms with Crippen molar-refractivity contribution in [2.24, 2.45) is 0 Å². The van der Waals surface area contributed by atoms with Gasteiger partial charge in [-0.05, 0) is 19.4 Å². The number of nitrogens with zero attached hydrogens (tertiary/aromatic N) is 1. The van der Waals surface area contributed by atoms with E-state index >= 15 is 0 Å². The van der Waals surface area contributed by atoms with Crippen molar-refractivity contribution < 1.29 is 9.59 Å². The largest absolute Gasteiger partial charge is 0.352 e. The Labute approximate surface area is 120 Å². The van der Waals surface area contributed by atoms with Gasteiger partial charge in [0.15, 0.2) is 5.78 Å². The summed E-state index contributed by atoms with van der Waals surface area (Å²) in [7, 11) is 0. The van der Waals surface area contributed by atoms with E-state index in [1.807, 2.05) is 30.3 Å². The molecule has 1 aliphatic rings. The highest BCUT2D eigenvalue weighted by molar-refractivity contribution is 5.95. The number of rotatable bonds is 6. The lowest BCUT2D eigenvalue weighted by molar-refractivity contribution is -0.119. The van der Waals surface area contributed by atoms with Gasteiger partial charge in [-0.1, -0.05) is 30.3 Å². The van der Waals surface area contributed by atoms with Crippen LogP contribution >= 0.6 is 0 Å². The van der Waals surface area contributed by atoms with Gasteiger partial charge in [-0.15, -0.1) is 0 Å². The summed E-state index contributed by atoms with van der Waals surface area (Å²) in [6.07, 6.45) is 2.47. The van der Waals surface area contributed by atoms with E-state index in [0.29, 0.717) is 6.42 Å². The van der Waals surface area contributed by atoms with Gasteiger partial charge >= 0.3 is 0 Å². The van der Waals surface area contributed by atoms with E-state index in [2.05, 4.69) is 10.2 Å². The van der Waals surface area contributed by atoms with Crippen molar-refractivity contribution in [3.05, 3.63) is 35.9 Å². The zero-order valence-corrected chi connectivity index (χ0v) is 12.0. The van der Waals surface area contributed by atoms with Crippen LogP contribution in [0.3, 0.4) is 0 Å². The number of likely N-dealkylation sites (tertiary alicyclic amines) is 1. The smallest absolute Gasteiger partial charge is 0.217 e. The number of amides is 1. The first-order valence-electron chi connectivity index (χ1n) is 7.23. The summed E-state index contributed by atoms with van der Waals surface area (Å²) in [4.78, 5) is 25.3. The van der Waals surface area contributed by atoms with E-state index in [-0.39, 0.29) is 17.7 Å². The Morgan fingerprint density at radius 2 is 2.05 bits per heavy atom. The van der Waals surface area contributed by atoms with Crippen molar-refractivity contribution in [3.8, 4) is 0 Å². The summed E-state index contributed by atoms with van der Waals surface area (Å²) in [6.45, 7) is 4.39. The van der Waals surface area contributed by atoms with Crippen LogP contribution in [0.4, 0.5) is 0 Å². The summed E-state index contributed by atoms with van der Waals surface area (Å²) in [5.74, 6) is 0.249. The lowest BCUT2D eigenvalue weighted by atomic mass is 10.1. The molecule has 0 aliphatic carbocycles. The Morgan fingerprint density at radius 1 is 1.30 bits per heavy atom. The van der Waals surface area contributed by atoms with Crippen molar-refractivity contribution in [2.45, 2.75) is 32.2 Å². The zero-order valence-electron chi connectivity index (χ0n) is 12.0. The number of carbonyl (C=O) groups is 2. The van der Waals surface area contributed by atoms with Gasteiger partial charge in [0.05, 0.1) is 0 Å². The Hall–Kier alpha value is -1.68. The van der Waals surface area contributed by atoms with E-state index in [1.54, 1.807) is 6.92 Å². The molecule has 1 unspecified atom stereocenters. The predicted molar refractivity (Wildman–Crippen MR) is 78.7 cm³/mol. The Morgan fingerprint density at radius 3 is 2.75 bits per heavy atom. The molecule has 1 saturated heterocycles. The summed E-state index contributed by atoms with van der Waals surface area (Å²) < 4.78 is 0. The first-order valence-corrected chi connectivity index (χ1v) is 7.23. The molecule has 4 heteroatoms. The van der Waals surface area contributed by atoms with Crippen LogP contribution in [0, 0.1) is 0 Å². The second-order valence-corrected chi connectivity index (χ2v) is 5.38. The number of hydrogen-bond acceptors (Lipinski definition) is 3. The lowest BCUT2D eigenvalue weighted by Gasteiger charge is -2.15. The van der Waals surface area contributed by atoms with Crippen molar-refractivity contribution >= 4 is 11.7 Å². The van der Waals surface area contributed by atoms with Crippen LogP contribution in [-0.4, -0.2) is 42.3 Å². The molecule has 20 heavy (non-hydrogen) atoms. The maximum Gasteiger partial charge on any atom is 0.217 e. The average molecular weight is 274 g/mol. The van der Waals surface area contributed by atoms with Gasteiger partial charge in [-0.3, -0.25) is 9.59 Å². The van der Waals surface area contributed by atoms with Crippen LogP contribution in [-0.2, 0) is 4.79 Å². The van der Waals surface area contributed by atoms with Gasteiger partial charge in [-0.2, -0.15) is 0 Å². The minimum atomic E-state index is 0.0381. The molecule has 0 radical (unpaired) electrons. The Kier molecular flexibility index (Phi) is 5.30. The van der Waals surface area contributed by atoms with E-state index in [1.165, 1.54) is 0 Å². The molecular formula is C16H22N2O2. The van der Waals surface area contributed by atoms with E-state index in [4.69, 9.17) is 0 Å². The molecule has 1 aliphatic heterocycles. The van der Waals surface area contributed by atoms with E-state index in [9.17, 15) is 9.59 Å². The maximum absolute atomic E-state index is 12.0. The van der Waals surface area contributed by atoms with Crippen LogP contribution in [0.25, 0.3) is 0 Å². The second-order valence-electron chi connectivity index (χ2n) is 5.38. The second kappa shape index (κ2) is 7.20. The number of ketones is 1. The van der Waals surface area contributed by atoms with Crippen LogP contribution in [0.15, 0.2) is 30.3 Å². The minimum Gasteiger partial charge on any atom is -0.352 e. The molecule has 1 atom stereocenters. The highest BCUT2D eigenvalue weighted by atomic mass is 16.1. The number of Topliss-reactive ketones (excluding diaryl/α,β-unsaturated/α-hetero) is 1. The molecule has 1 aromatic carbocycles. The molecule has 4 nitrogen and oxygen atoms in total. The van der Waals surface area contributed by atoms with E-state index in [0.717, 1.165) is 38.0 Å². The predicted octanol–water partition coefficient (Wildman–Crippen LogP) is 1.86. The monoisotopic (exact) mass is 274 g/mol. The normalized spacial score (nSPS) is 18.9. The van der Waals surface area contributed by atoms with Crippen LogP contribution in [0.5, 0.6) is 0 Å². The highest BCUT2D eigenvalue weighted by Gasteiger charge is 2.22. The van der Waals surface area contributed by atoms with Gasteiger partial charge in [0.25, 0.3) is 0 Å². The first-order chi connectivity index (χ1) is 9.65. The molecule has 2 rings (SSSR count). The summed E-state index contributed by atoms with van der Waals surface area (Å²) in [5, 5.41) is 2.95. The molecule has 1 aromatic rings. The molecule has 1 heterocycles. The standard InChI is InChI=1S/C16H22N2O2/c1-13(19)17-15-9-11-18(12-15)10-5-8-16(20)14-6-3-2-4-7-14/h2-4,6-7,15H,5,8-12H2,1H3,(H,17,19). The van der Waals surface area contributed by atoms with Crippen molar-refractivity contribution in [2.75, 3.05) is 19.6 Å². The molecule has 0 spiro atoms. The topological polar surface area (TPSA) is 49.4 Å². The molecular weight excluding hydrogens is 252 g/mol. The summed E-state index contributed by atoms with van der Waals surface area (Å²) in [5.41, 5.74) is 0.796. The van der Waals surface area contributed by atoms with Crippen LogP contribution in [0.1, 0.15) is 36.5 Å². The number of benzene rings is 1. The van der Waals surface area contributed by atoms with Crippen molar-refractivity contribution in [1.29, 1.82) is 0 Å². The maximum atomic E-state index is 12.0. The molecule has 0 saturated carbocycles. The minimum absolute atomic E-state index is 0.0381. The van der Waals surface area contributed by atoms with Crippen molar-refractivity contribution in [3.63, 3.8) is 0 Å². The third kappa shape index (κ3) is 4.46. The van der Waals surface area contributed by atoms with Gasteiger partial charge in [0, 0.05) is 38.0 Å². The SMILES string of the molecule is CC(=O)NC1CCN(CCCC(=O)c2ccccc2)C1. The van der Waals surface area contributed by atoms with Crippen LogP contribution in [0.2, 0.25) is 0 Å². The van der Waals surface area contributed by atoms with Gasteiger partial charge in [0.1, 0.15) is 0 Å². The summed E-state index contributed by atoms with van der Waals surface area (Å²) >= 11 is 0. The first kappa shape index (κ1) is 14.7. The number of hydrogen-bond donors (Lipinski definition) is 1. The fraction of sp³-hybridized carbons (Fsp3) is 0.500. The fourth-order valence-electron chi connectivity index (χ4n) is 2.67. The molecule has 0 aromatic heterocycles. The zero-order chi connectivity index (χ0) is 14.4. The summed E-state index contributed by atoms with van der Waals surface area (Å²) in [6, 6.07) is 9.72. The van der Waals surface area contributed by atoms with Gasteiger partial charge in [0.2, 0.25) is 5.91 Å². The third-order valence-electron chi connectivity index (χ3n) is 3.65. The molecule has 1 N–H and O–H groups in total. The number of carbonyl (C=O) groups excluding carboxylic acids is 2. The number of nitrogens with one attached hydrogen (secondary N) is 1. The molecule has 108 valence electrons. The molecule has 1 fully saturated rings. The molecule has 0 bridgehead atoms. The van der Waals surface area contributed by atoms with Gasteiger partial charge < -0.3 is 10.2 Å². The van der Waals surface area contributed by atoms with Crippen LogP contribution < -0.4 is 5.32 Å². The third-order valence-corrected chi connectivity index (χ3v) is 3.65.